The molecule has 2 heterocycles. The summed E-state index contributed by atoms with van der Waals surface area (Å²) in [6, 6.07) is 6.88. The maximum absolute atomic E-state index is 12.6. The highest BCUT2D eigenvalue weighted by molar-refractivity contribution is 7.89. The second-order valence-electron chi connectivity index (χ2n) is 7.28. The van der Waals surface area contributed by atoms with Crippen molar-refractivity contribution in [3.05, 3.63) is 29.8 Å². The third kappa shape index (κ3) is 5.05. The van der Waals surface area contributed by atoms with Crippen molar-refractivity contribution in [2.24, 2.45) is 5.92 Å². The molecule has 0 saturated carbocycles. The zero-order valence-electron chi connectivity index (χ0n) is 15.2. The zero-order chi connectivity index (χ0) is 18.4. The number of amides is 1. The van der Waals surface area contributed by atoms with E-state index >= 15 is 0 Å². The van der Waals surface area contributed by atoms with Gasteiger partial charge in [-0.15, -0.1) is 0 Å². The molecule has 0 radical (unpaired) electrons. The molecule has 2 aliphatic heterocycles. The molecule has 1 aromatic carbocycles. The molecule has 2 N–H and O–H groups in total. The molecule has 1 aromatic rings. The Balaban J connectivity index is 1.48. The summed E-state index contributed by atoms with van der Waals surface area (Å²) >= 11 is 0. The van der Waals surface area contributed by atoms with Crippen molar-refractivity contribution in [2.75, 3.05) is 26.2 Å². The van der Waals surface area contributed by atoms with Gasteiger partial charge in [-0.1, -0.05) is 18.6 Å². The molecule has 3 rings (SSSR count). The lowest BCUT2D eigenvalue weighted by atomic mass is 10.0. The van der Waals surface area contributed by atoms with E-state index in [0.717, 1.165) is 50.8 Å². The largest absolute Gasteiger partial charge is 0.352 e. The molecular weight excluding hydrogens is 350 g/mol. The number of benzene rings is 1. The van der Waals surface area contributed by atoms with Gasteiger partial charge in [0.05, 0.1) is 4.90 Å². The Morgan fingerprint density at radius 3 is 2.54 bits per heavy atom. The molecule has 2 aliphatic rings. The number of carbonyl (C=O) groups excluding carboxylic acids is 1. The summed E-state index contributed by atoms with van der Waals surface area (Å²) in [5.74, 6) is 0.668. The third-order valence-corrected chi connectivity index (χ3v) is 7.22. The van der Waals surface area contributed by atoms with Crippen LogP contribution in [-0.4, -0.2) is 44.8 Å². The first-order valence-electron chi connectivity index (χ1n) is 9.62. The van der Waals surface area contributed by atoms with Crippen molar-refractivity contribution in [1.29, 1.82) is 0 Å². The van der Waals surface area contributed by atoms with E-state index in [0.29, 0.717) is 36.9 Å². The topological polar surface area (TPSA) is 78.5 Å². The Morgan fingerprint density at radius 1 is 1.15 bits per heavy atom. The quantitative estimate of drug-likeness (QED) is 0.758. The van der Waals surface area contributed by atoms with Gasteiger partial charge in [-0.3, -0.25) is 4.79 Å². The van der Waals surface area contributed by atoms with E-state index in [1.54, 1.807) is 28.6 Å². The number of carbonyl (C=O) groups is 1. The van der Waals surface area contributed by atoms with Crippen LogP contribution in [0.15, 0.2) is 29.2 Å². The molecule has 1 unspecified atom stereocenters. The lowest BCUT2D eigenvalue weighted by Crippen LogP contribution is -2.35. The van der Waals surface area contributed by atoms with Crippen LogP contribution in [0.25, 0.3) is 0 Å². The molecule has 6 nitrogen and oxygen atoms in total. The molecule has 0 bridgehead atoms. The van der Waals surface area contributed by atoms with Crippen molar-refractivity contribution in [3.8, 4) is 0 Å². The summed E-state index contributed by atoms with van der Waals surface area (Å²) < 4.78 is 26.8. The summed E-state index contributed by atoms with van der Waals surface area (Å²) in [5.41, 5.74) is 0.915. The predicted molar refractivity (Wildman–Crippen MR) is 101 cm³/mol. The van der Waals surface area contributed by atoms with Crippen LogP contribution in [0, 0.1) is 5.92 Å². The zero-order valence-corrected chi connectivity index (χ0v) is 16.1. The molecule has 2 saturated heterocycles. The monoisotopic (exact) mass is 379 g/mol. The minimum Gasteiger partial charge on any atom is -0.352 e. The average Bonchev–Trinajstić information content (AvgIpc) is 3.19. The first-order valence-corrected chi connectivity index (χ1v) is 11.1. The first kappa shape index (κ1) is 19.3. The van der Waals surface area contributed by atoms with Gasteiger partial charge in [-0.25, -0.2) is 8.42 Å². The van der Waals surface area contributed by atoms with Gasteiger partial charge in [0.2, 0.25) is 15.9 Å². The molecular formula is C19H29N3O3S. The van der Waals surface area contributed by atoms with Gasteiger partial charge >= 0.3 is 0 Å². The van der Waals surface area contributed by atoms with E-state index in [-0.39, 0.29) is 5.91 Å². The number of piperidine rings is 1. The van der Waals surface area contributed by atoms with Crippen molar-refractivity contribution < 1.29 is 13.2 Å². The van der Waals surface area contributed by atoms with Crippen LogP contribution >= 0.6 is 0 Å². The molecule has 0 aliphatic carbocycles. The maximum atomic E-state index is 12.6. The summed E-state index contributed by atoms with van der Waals surface area (Å²) in [4.78, 5) is 12.3. The lowest BCUT2D eigenvalue weighted by molar-refractivity contribution is -0.121. The fourth-order valence-electron chi connectivity index (χ4n) is 3.62. The number of sulfonamides is 1. The molecule has 26 heavy (non-hydrogen) atoms. The Bertz CT molecular complexity index is 691. The maximum Gasteiger partial charge on any atom is 0.243 e. The number of hydrogen-bond acceptors (Lipinski definition) is 4. The fraction of sp³-hybridized carbons (Fsp3) is 0.632. The third-order valence-electron chi connectivity index (χ3n) is 5.31. The minimum absolute atomic E-state index is 0.0573. The number of rotatable bonds is 7. The van der Waals surface area contributed by atoms with Crippen LogP contribution in [0.5, 0.6) is 0 Å². The van der Waals surface area contributed by atoms with Crippen LogP contribution in [0.4, 0.5) is 0 Å². The van der Waals surface area contributed by atoms with Crippen LogP contribution in [0.1, 0.15) is 44.1 Å². The Kier molecular flexibility index (Phi) is 6.67. The van der Waals surface area contributed by atoms with Gasteiger partial charge in [0.25, 0.3) is 0 Å². The standard InChI is InChI=1S/C19H29N3O3S/c23-19(9-6-17-10-11-20-14-17)21-15-16-4-7-18(8-5-16)26(24,25)22-12-2-1-3-13-22/h4-5,7-8,17,20H,1-3,6,9-15H2,(H,21,23). The Labute approximate surface area is 156 Å². The minimum atomic E-state index is -3.39. The summed E-state index contributed by atoms with van der Waals surface area (Å²) in [6.45, 7) is 3.72. The van der Waals surface area contributed by atoms with Gasteiger partial charge in [0, 0.05) is 26.1 Å². The normalized spacial score (nSPS) is 21.6. The van der Waals surface area contributed by atoms with Crippen molar-refractivity contribution in [3.63, 3.8) is 0 Å². The first-order chi connectivity index (χ1) is 12.6. The van der Waals surface area contributed by atoms with Gasteiger partial charge in [-0.05, 0) is 62.4 Å². The van der Waals surface area contributed by atoms with Crippen LogP contribution in [-0.2, 0) is 21.4 Å². The lowest BCUT2D eigenvalue weighted by Gasteiger charge is -2.25. The highest BCUT2D eigenvalue weighted by atomic mass is 32.2. The second kappa shape index (κ2) is 8.97. The smallest absolute Gasteiger partial charge is 0.243 e. The molecule has 1 amide bonds. The predicted octanol–water partition coefficient (Wildman–Crippen LogP) is 1.87. The Morgan fingerprint density at radius 2 is 1.88 bits per heavy atom. The van der Waals surface area contributed by atoms with E-state index in [2.05, 4.69) is 10.6 Å². The van der Waals surface area contributed by atoms with Crippen LogP contribution in [0.3, 0.4) is 0 Å². The van der Waals surface area contributed by atoms with Crippen LogP contribution in [0.2, 0.25) is 0 Å². The van der Waals surface area contributed by atoms with E-state index < -0.39 is 10.0 Å². The van der Waals surface area contributed by atoms with E-state index in [4.69, 9.17) is 0 Å². The fourth-order valence-corrected chi connectivity index (χ4v) is 5.14. The van der Waals surface area contributed by atoms with E-state index in [1.165, 1.54) is 0 Å². The molecule has 1 atom stereocenters. The average molecular weight is 380 g/mol. The molecule has 0 spiro atoms. The molecule has 7 heteroatoms. The second-order valence-corrected chi connectivity index (χ2v) is 9.22. The molecule has 0 aromatic heterocycles. The Hall–Kier alpha value is -1.44. The van der Waals surface area contributed by atoms with Gasteiger partial charge in [-0.2, -0.15) is 4.31 Å². The molecule has 2 fully saturated rings. The SMILES string of the molecule is O=C(CCC1CCNC1)NCc1ccc(S(=O)(=O)N2CCCCC2)cc1. The summed E-state index contributed by atoms with van der Waals surface area (Å²) in [7, 11) is -3.39. The summed E-state index contributed by atoms with van der Waals surface area (Å²) in [5, 5.41) is 6.24. The van der Waals surface area contributed by atoms with Gasteiger partial charge in [0.15, 0.2) is 0 Å². The van der Waals surface area contributed by atoms with Crippen LogP contribution < -0.4 is 10.6 Å². The number of nitrogens with zero attached hydrogens (tertiary/aromatic N) is 1. The van der Waals surface area contributed by atoms with Crippen molar-refractivity contribution >= 4 is 15.9 Å². The number of nitrogens with one attached hydrogen (secondary N) is 2. The molecule has 144 valence electrons. The van der Waals surface area contributed by atoms with E-state index in [1.807, 2.05) is 0 Å². The highest BCUT2D eigenvalue weighted by Crippen LogP contribution is 2.21. The number of hydrogen-bond donors (Lipinski definition) is 2. The summed E-state index contributed by atoms with van der Waals surface area (Å²) in [6.07, 6.45) is 5.59. The van der Waals surface area contributed by atoms with E-state index in [9.17, 15) is 13.2 Å². The van der Waals surface area contributed by atoms with Crippen molar-refractivity contribution in [1.82, 2.24) is 14.9 Å². The van der Waals surface area contributed by atoms with Gasteiger partial charge in [0.1, 0.15) is 0 Å². The van der Waals surface area contributed by atoms with Crippen molar-refractivity contribution in [2.45, 2.75) is 50.0 Å². The van der Waals surface area contributed by atoms with Gasteiger partial charge < -0.3 is 10.6 Å². The highest BCUT2D eigenvalue weighted by Gasteiger charge is 2.25.